The predicted octanol–water partition coefficient (Wildman–Crippen LogP) is 3.84. The third-order valence-corrected chi connectivity index (χ3v) is 5.71. The van der Waals surface area contributed by atoms with Crippen molar-refractivity contribution in [3.8, 4) is 0 Å². The van der Waals surface area contributed by atoms with E-state index in [1.807, 2.05) is 41.3 Å². The summed E-state index contributed by atoms with van der Waals surface area (Å²) in [4.78, 5) is 29.2. The molecule has 0 bridgehead atoms. The van der Waals surface area contributed by atoms with Crippen LogP contribution in [-0.4, -0.2) is 34.7 Å². The highest BCUT2D eigenvalue weighted by molar-refractivity contribution is 6.00. The summed E-state index contributed by atoms with van der Waals surface area (Å²) >= 11 is 0. The Balaban J connectivity index is 1.44. The number of carbonyl (C=O) groups is 2. The summed E-state index contributed by atoms with van der Waals surface area (Å²) in [5.41, 5.74) is 1.72. The number of hydrogen-bond acceptors (Lipinski definition) is 3. The molecule has 1 fully saturated rings. The first-order valence-electron chi connectivity index (χ1n) is 9.88. The molecule has 142 valence electrons. The standard InChI is InChI=1S/C22H26N2O3/c25-21(16-24-14-18-9-4-5-11-20(18)22(24)26)23(15-19-10-6-12-27-19)13-17-7-2-1-3-8-17/h4-6,9-12,17H,1-3,7-8,13-16H2. The first-order chi connectivity index (χ1) is 13.2. The van der Waals surface area contributed by atoms with Crippen molar-refractivity contribution in [3.05, 3.63) is 59.5 Å². The van der Waals surface area contributed by atoms with Crippen LogP contribution in [0.1, 0.15) is 53.8 Å². The minimum atomic E-state index is -0.0467. The van der Waals surface area contributed by atoms with Crippen molar-refractivity contribution in [1.82, 2.24) is 9.80 Å². The van der Waals surface area contributed by atoms with E-state index in [-0.39, 0.29) is 18.4 Å². The van der Waals surface area contributed by atoms with E-state index in [9.17, 15) is 9.59 Å². The fourth-order valence-corrected chi connectivity index (χ4v) is 4.23. The SMILES string of the molecule is O=C(CN1Cc2ccccc2C1=O)N(Cc1ccco1)CC1CCCCC1. The molecule has 1 aliphatic heterocycles. The number of carbonyl (C=O) groups excluding carboxylic acids is 2. The lowest BCUT2D eigenvalue weighted by Gasteiger charge is -2.30. The van der Waals surface area contributed by atoms with Gasteiger partial charge in [0.05, 0.1) is 12.8 Å². The van der Waals surface area contributed by atoms with Crippen molar-refractivity contribution in [3.63, 3.8) is 0 Å². The van der Waals surface area contributed by atoms with Crippen LogP contribution in [0.5, 0.6) is 0 Å². The van der Waals surface area contributed by atoms with Gasteiger partial charge in [0, 0.05) is 18.7 Å². The van der Waals surface area contributed by atoms with Gasteiger partial charge in [-0.05, 0) is 42.5 Å². The fraction of sp³-hybridized carbons (Fsp3) is 0.455. The average Bonchev–Trinajstić information content (AvgIpc) is 3.31. The van der Waals surface area contributed by atoms with Crippen molar-refractivity contribution in [2.75, 3.05) is 13.1 Å². The number of rotatable bonds is 6. The Bertz CT molecular complexity index is 794. The predicted molar refractivity (Wildman–Crippen MR) is 102 cm³/mol. The van der Waals surface area contributed by atoms with Crippen molar-refractivity contribution in [2.45, 2.75) is 45.2 Å². The maximum Gasteiger partial charge on any atom is 0.254 e. The van der Waals surface area contributed by atoms with Crippen molar-refractivity contribution >= 4 is 11.8 Å². The second kappa shape index (κ2) is 7.99. The zero-order valence-electron chi connectivity index (χ0n) is 15.6. The van der Waals surface area contributed by atoms with Gasteiger partial charge in [-0.3, -0.25) is 9.59 Å². The summed E-state index contributed by atoms with van der Waals surface area (Å²) in [6.45, 7) is 1.85. The first-order valence-corrected chi connectivity index (χ1v) is 9.88. The van der Waals surface area contributed by atoms with E-state index in [0.717, 1.165) is 23.4 Å². The van der Waals surface area contributed by atoms with E-state index in [1.54, 1.807) is 11.2 Å². The number of hydrogen-bond donors (Lipinski definition) is 0. The highest BCUT2D eigenvalue weighted by atomic mass is 16.3. The molecule has 1 saturated carbocycles. The Morgan fingerprint density at radius 3 is 2.67 bits per heavy atom. The zero-order chi connectivity index (χ0) is 18.6. The second-order valence-electron chi connectivity index (χ2n) is 7.68. The summed E-state index contributed by atoms with van der Waals surface area (Å²) in [5, 5.41) is 0. The highest BCUT2D eigenvalue weighted by Gasteiger charge is 2.30. The Kier molecular flexibility index (Phi) is 5.28. The molecule has 0 spiro atoms. The monoisotopic (exact) mass is 366 g/mol. The quantitative estimate of drug-likeness (QED) is 0.780. The normalized spacial score (nSPS) is 17.2. The van der Waals surface area contributed by atoms with Crippen LogP contribution < -0.4 is 0 Å². The van der Waals surface area contributed by atoms with Crippen LogP contribution in [0.3, 0.4) is 0 Å². The number of amides is 2. The largest absolute Gasteiger partial charge is 0.467 e. The molecule has 1 aromatic heterocycles. The topological polar surface area (TPSA) is 53.8 Å². The minimum absolute atomic E-state index is 0.00173. The molecule has 27 heavy (non-hydrogen) atoms. The van der Waals surface area contributed by atoms with Gasteiger partial charge in [0.25, 0.3) is 5.91 Å². The Morgan fingerprint density at radius 1 is 1.11 bits per heavy atom. The average molecular weight is 366 g/mol. The van der Waals surface area contributed by atoms with E-state index in [1.165, 1.54) is 32.1 Å². The van der Waals surface area contributed by atoms with E-state index in [2.05, 4.69) is 0 Å². The number of furan rings is 1. The van der Waals surface area contributed by atoms with Gasteiger partial charge < -0.3 is 14.2 Å². The molecule has 2 heterocycles. The molecule has 0 N–H and O–H groups in total. The molecule has 0 radical (unpaired) electrons. The van der Waals surface area contributed by atoms with Gasteiger partial charge in [-0.1, -0.05) is 37.5 Å². The van der Waals surface area contributed by atoms with Crippen molar-refractivity contribution < 1.29 is 14.0 Å². The van der Waals surface area contributed by atoms with Gasteiger partial charge >= 0.3 is 0 Å². The molecule has 2 aromatic rings. The summed E-state index contributed by atoms with van der Waals surface area (Å²) in [7, 11) is 0. The van der Waals surface area contributed by atoms with Crippen molar-refractivity contribution in [2.24, 2.45) is 5.92 Å². The molecule has 0 saturated heterocycles. The summed E-state index contributed by atoms with van der Waals surface area (Å²) < 4.78 is 5.47. The first kappa shape index (κ1) is 17.8. The molecule has 2 aliphatic rings. The molecule has 5 heteroatoms. The lowest BCUT2D eigenvalue weighted by Crippen LogP contribution is -2.42. The maximum absolute atomic E-state index is 13.1. The van der Waals surface area contributed by atoms with Crippen LogP contribution in [0, 0.1) is 5.92 Å². The van der Waals surface area contributed by atoms with E-state index >= 15 is 0 Å². The van der Waals surface area contributed by atoms with Gasteiger partial charge in [-0.25, -0.2) is 0 Å². The van der Waals surface area contributed by atoms with E-state index in [4.69, 9.17) is 4.42 Å². The van der Waals surface area contributed by atoms with Crippen LogP contribution in [0.2, 0.25) is 0 Å². The molecule has 0 atom stereocenters. The van der Waals surface area contributed by atoms with E-state index in [0.29, 0.717) is 19.0 Å². The second-order valence-corrected chi connectivity index (χ2v) is 7.68. The van der Waals surface area contributed by atoms with Gasteiger partial charge in [0.15, 0.2) is 0 Å². The number of benzene rings is 1. The maximum atomic E-state index is 13.1. The third-order valence-electron chi connectivity index (χ3n) is 5.71. The minimum Gasteiger partial charge on any atom is -0.467 e. The molecule has 2 amide bonds. The molecule has 1 aliphatic carbocycles. The van der Waals surface area contributed by atoms with E-state index < -0.39 is 0 Å². The Labute approximate surface area is 159 Å². The molecule has 1 aromatic carbocycles. The summed E-state index contributed by atoms with van der Waals surface area (Å²) in [6.07, 6.45) is 7.77. The summed E-state index contributed by atoms with van der Waals surface area (Å²) in [5.74, 6) is 1.28. The Morgan fingerprint density at radius 2 is 1.93 bits per heavy atom. The van der Waals surface area contributed by atoms with Gasteiger partial charge in [0.1, 0.15) is 12.3 Å². The van der Waals surface area contributed by atoms with Crippen LogP contribution in [-0.2, 0) is 17.9 Å². The zero-order valence-corrected chi connectivity index (χ0v) is 15.6. The van der Waals surface area contributed by atoms with Gasteiger partial charge in [-0.2, -0.15) is 0 Å². The van der Waals surface area contributed by atoms with Crippen molar-refractivity contribution in [1.29, 1.82) is 0 Å². The number of nitrogens with zero attached hydrogens (tertiary/aromatic N) is 2. The highest BCUT2D eigenvalue weighted by Crippen LogP contribution is 2.26. The summed E-state index contributed by atoms with van der Waals surface area (Å²) in [6, 6.07) is 11.3. The molecular weight excluding hydrogens is 340 g/mol. The van der Waals surface area contributed by atoms with Crippen LogP contribution >= 0.6 is 0 Å². The smallest absolute Gasteiger partial charge is 0.254 e. The molecule has 4 rings (SSSR count). The number of fused-ring (bicyclic) bond motifs is 1. The molecule has 0 unspecified atom stereocenters. The van der Waals surface area contributed by atoms with Gasteiger partial charge in [0.2, 0.25) is 5.91 Å². The fourth-order valence-electron chi connectivity index (χ4n) is 4.23. The van der Waals surface area contributed by atoms with Crippen LogP contribution in [0.15, 0.2) is 47.1 Å². The third kappa shape index (κ3) is 4.07. The molecule has 5 nitrogen and oxygen atoms in total. The van der Waals surface area contributed by atoms with Crippen LogP contribution in [0.4, 0.5) is 0 Å². The van der Waals surface area contributed by atoms with Crippen LogP contribution in [0.25, 0.3) is 0 Å². The Hall–Kier alpha value is -2.56. The lowest BCUT2D eigenvalue weighted by molar-refractivity contribution is -0.133. The molecular formula is C22H26N2O3. The van der Waals surface area contributed by atoms with Gasteiger partial charge in [-0.15, -0.1) is 0 Å². The lowest BCUT2D eigenvalue weighted by atomic mass is 9.89.